The molecule has 4 rings (SSSR count). The minimum atomic E-state index is -0.579. The lowest BCUT2D eigenvalue weighted by Crippen LogP contribution is -2.40. The van der Waals surface area contributed by atoms with Gasteiger partial charge in [-0.15, -0.1) is 11.8 Å². The van der Waals surface area contributed by atoms with Crippen molar-refractivity contribution in [3.05, 3.63) is 48.0 Å². The minimum absolute atomic E-state index is 0.0993. The summed E-state index contributed by atoms with van der Waals surface area (Å²) in [5.41, 5.74) is 0.930. The summed E-state index contributed by atoms with van der Waals surface area (Å²) in [6.07, 6.45) is 5.43. The molecular formula is C25H28N2O6S. The molecule has 1 aliphatic heterocycles. The molecule has 34 heavy (non-hydrogen) atoms. The Labute approximate surface area is 202 Å². The van der Waals surface area contributed by atoms with E-state index in [0.29, 0.717) is 27.6 Å². The summed E-state index contributed by atoms with van der Waals surface area (Å²) >= 11 is 1.23. The van der Waals surface area contributed by atoms with Crippen LogP contribution in [0.5, 0.6) is 11.5 Å². The highest BCUT2D eigenvalue weighted by atomic mass is 32.2. The molecule has 2 amide bonds. The first-order valence-electron chi connectivity index (χ1n) is 11.4. The van der Waals surface area contributed by atoms with Crippen LogP contribution in [0, 0.1) is 0 Å². The highest BCUT2D eigenvalue weighted by Gasteiger charge is 2.23. The Morgan fingerprint density at radius 1 is 1.06 bits per heavy atom. The third kappa shape index (κ3) is 6.02. The Hall–Kier alpha value is -3.20. The van der Waals surface area contributed by atoms with Crippen molar-refractivity contribution in [3.63, 3.8) is 0 Å². The van der Waals surface area contributed by atoms with E-state index in [-0.39, 0.29) is 37.0 Å². The molecule has 0 bridgehead atoms. The molecule has 1 fully saturated rings. The number of nitrogens with one attached hydrogen (secondary N) is 1. The van der Waals surface area contributed by atoms with E-state index in [1.54, 1.807) is 54.4 Å². The van der Waals surface area contributed by atoms with Crippen molar-refractivity contribution >= 4 is 35.2 Å². The molecule has 1 heterocycles. The molecule has 8 nitrogen and oxygen atoms in total. The molecule has 1 aliphatic carbocycles. The second-order valence-corrected chi connectivity index (χ2v) is 9.29. The summed E-state index contributed by atoms with van der Waals surface area (Å²) in [6.45, 7) is -0.132. The van der Waals surface area contributed by atoms with Gasteiger partial charge in [-0.25, -0.2) is 4.79 Å². The van der Waals surface area contributed by atoms with Crippen molar-refractivity contribution in [2.45, 2.75) is 43.0 Å². The van der Waals surface area contributed by atoms with E-state index in [0.717, 1.165) is 25.7 Å². The van der Waals surface area contributed by atoms with Gasteiger partial charge in [0.1, 0.15) is 0 Å². The van der Waals surface area contributed by atoms with Crippen LogP contribution in [0.3, 0.4) is 0 Å². The van der Waals surface area contributed by atoms with Gasteiger partial charge >= 0.3 is 5.97 Å². The molecule has 9 heteroatoms. The van der Waals surface area contributed by atoms with Crippen molar-refractivity contribution in [2.75, 3.05) is 31.5 Å². The van der Waals surface area contributed by atoms with Gasteiger partial charge in [-0.3, -0.25) is 9.59 Å². The smallest absolute Gasteiger partial charge is 0.339 e. The fourth-order valence-electron chi connectivity index (χ4n) is 4.05. The molecule has 1 N–H and O–H groups in total. The number of carbonyl (C=O) groups excluding carboxylic acids is 3. The van der Waals surface area contributed by atoms with Crippen LogP contribution in [0.25, 0.3) is 0 Å². The molecule has 1 saturated carbocycles. The minimum Gasteiger partial charge on any atom is -0.454 e. The molecule has 2 aromatic carbocycles. The van der Waals surface area contributed by atoms with Crippen LogP contribution in [-0.2, 0) is 14.3 Å². The van der Waals surface area contributed by atoms with Crippen LogP contribution in [0.4, 0.5) is 5.69 Å². The van der Waals surface area contributed by atoms with Gasteiger partial charge in [0.25, 0.3) is 5.91 Å². The average Bonchev–Trinajstić information content (AvgIpc) is 3.34. The van der Waals surface area contributed by atoms with Crippen LogP contribution in [-0.4, -0.2) is 54.9 Å². The number of hydrogen-bond acceptors (Lipinski definition) is 7. The second-order valence-electron chi connectivity index (χ2n) is 8.27. The maximum atomic E-state index is 12.7. The van der Waals surface area contributed by atoms with E-state index < -0.39 is 5.97 Å². The number of esters is 1. The number of benzene rings is 2. The van der Waals surface area contributed by atoms with Crippen LogP contribution >= 0.6 is 11.8 Å². The Morgan fingerprint density at radius 2 is 1.82 bits per heavy atom. The maximum absolute atomic E-state index is 12.7. The molecule has 180 valence electrons. The highest BCUT2D eigenvalue weighted by Crippen LogP contribution is 2.34. The molecular weight excluding hydrogens is 456 g/mol. The fourth-order valence-corrected chi connectivity index (χ4v) is 4.90. The van der Waals surface area contributed by atoms with Gasteiger partial charge in [-0.2, -0.15) is 0 Å². The van der Waals surface area contributed by atoms with E-state index in [2.05, 4.69) is 5.32 Å². The Kier molecular flexibility index (Phi) is 7.95. The number of hydrogen-bond donors (Lipinski definition) is 1. The number of anilines is 1. The Bertz CT molecular complexity index is 1050. The summed E-state index contributed by atoms with van der Waals surface area (Å²) in [6, 6.07) is 12.3. The number of nitrogens with zero attached hydrogens (tertiary/aromatic N) is 1. The third-order valence-corrected chi connectivity index (χ3v) is 7.04. The van der Waals surface area contributed by atoms with Crippen LogP contribution in [0.2, 0.25) is 0 Å². The second kappa shape index (κ2) is 11.3. The molecule has 0 spiro atoms. The SMILES string of the molecule is CN(C(=O)COC(=O)c1ccccc1SCC(=O)Nc1ccc2c(c1)OCO2)C1CCCCC1. The number of carbonyl (C=O) groups is 3. The highest BCUT2D eigenvalue weighted by molar-refractivity contribution is 8.00. The lowest BCUT2D eigenvalue weighted by atomic mass is 9.94. The summed E-state index contributed by atoms with van der Waals surface area (Å²) in [5.74, 6) is 0.321. The predicted molar refractivity (Wildman–Crippen MR) is 128 cm³/mol. The summed E-state index contributed by atoms with van der Waals surface area (Å²) in [7, 11) is 1.77. The maximum Gasteiger partial charge on any atom is 0.339 e. The van der Waals surface area contributed by atoms with Gasteiger partial charge in [0.2, 0.25) is 12.7 Å². The zero-order chi connectivity index (χ0) is 23.9. The van der Waals surface area contributed by atoms with E-state index >= 15 is 0 Å². The van der Waals surface area contributed by atoms with Gasteiger partial charge in [0, 0.05) is 29.7 Å². The topological polar surface area (TPSA) is 94.2 Å². The fraction of sp³-hybridized carbons (Fsp3) is 0.400. The molecule has 2 aromatic rings. The number of ether oxygens (including phenoxy) is 3. The quantitative estimate of drug-likeness (QED) is 0.445. The number of amides is 2. The van der Waals surface area contributed by atoms with E-state index in [9.17, 15) is 14.4 Å². The first-order chi connectivity index (χ1) is 16.5. The molecule has 0 radical (unpaired) electrons. The van der Waals surface area contributed by atoms with Crippen molar-refractivity contribution < 1.29 is 28.6 Å². The average molecular weight is 485 g/mol. The van der Waals surface area contributed by atoms with Gasteiger partial charge in [0.15, 0.2) is 18.1 Å². The van der Waals surface area contributed by atoms with Crippen molar-refractivity contribution in [1.29, 1.82) is 0 Å². The lowest BCUT2D eigenvalue weighted by Gasteiger charge is -2.31. The van der Waals surface area contributed by atoms with Crippen LogP contribution in [0.15, 0.2) is 47.4 Å². The number of rotatable bonds is 8. The normalized spacial score (nSPS) is 15.0. The number of fused-ring (bicyclic) bond motifs is 1. The van der Waals surface area contributed by atoms with Crippen molar-refractivity contribution in [3.8, 4) is 11.5 Å². The standard InChI is InChI=1S/C25H28N2O6S/c1-27(18-7-3-2-4-8-18)24(29)14-31-25(30)19-9-5-6-10-22(19)34-15-23(28)26-17-11-12-20-21(13-17)33-16-32-20/h5-6,9-13,18H,2-4,7-8,14-16H2,1H3,(H,26,28). The molecule has 0 saturated heterocycles. The largest absolute Gasteiger partial charge is 0.454 e. The molecule has 2 aliphatic rings. The molecule has 0 atom stereocenters. The Balaban J connectivity index is 1.29. The van der Waals surface area contributed by atoms with Crippen molar-refractivity contribution in [1.82, 2.24) is 4.90 Å². The van der Waals surface area contributed by atoms with E-state index in [1.165, 1.54) is 18.2 Å². The van der Waals surface area contributed by atoms with Crippen molar-refractivity contribution in [2.24, 2.45) is 0 Å². The summed E-state index contributed by atoms with van der Waals surface area (Å²) in [5, 5.41) is 2.81. The monoisotopic (exact) mass is 484 g/mol. The third-order valence-electron chi connectivity index (χ3n) is 5.96. The van der Waals surface area contributed by atoms with E-state index in [1.807, 2.05) is 0 Å². The predicted octanol–water partition coefficient (Wildman–Crippen LogP) is 4.09. The van der Waals surface area contributed by atoms with Gasteiger partial charge < -0.3 is 24.4 Å². The van der Waals surface area contributed by atoms with Gasteiger partial charge in [0.05, 0.1) is 11.3 Å². The first-order valence-corrected chi connectivity index (χ1v) is 12.3. The zero-order valence-electron chi connectivity index (χ0n) is 19.1. The van der Waals surface area contributed by atoms with Gasteiger partial charge in [-0.1, -0.05) is 31.4 Å². The number of thioether (sulfide) groups is 1. The van der Waals surface area contributed by atoms with Crippen LogP contribution < -0.4 is 14.8 Å². The number of likely N-dealkylation sites (N-methyl/N-ethyl adjacent to an activating group) is 1. The zero-order valence-corrected chi connectivity index (χ0v) is 19.9. The molecule has 0 unspecified atom stereocenters. The van der Waals surface area contributed by atoms with Gasteiger partial charge in [-0.05, 0) is 37.1 Å². The summed E-state index contributed by atoms with van der Waals surface area (Å²) in [4.78, 5) is 39.9. The molecule has 0 aromatic heterocycles. The lowest BCUT2D eigenvalue weighted by molar-refractivity contribution is -0.135. The summed E-state index contributed by atoms with van der Waals surface area (Å²) < 4.78 is 15.9. The first kappa shape index (κ1) is 23.9. The van der Waals surface area contributed by atoms with E-state index in [4.69, 9.17) is 14.2 Å². The Morgan fingerprint density at radius 3 is 2.65 bits per heavy atom. The van der Waals surface area contributed by atoms with Crippen LogP contribution in [0.1, 0.15) is 42.5 Å².